The average molecular weight is 473 g/mol. The molecule has 0 atom stereocenters. The first kappa shape index (κ1) is 21.9. The van der Waals surface area contributed by atoms with Crippen molar-refractivity contribution in [2.75, 3.05) is 32.8 Å². The molecule has 0 spiro atoms. The second-order valence-corrected chi connectivity index (χ2v) is 9.44. The van der Waals surface area contributed by atoms with Crippen molar-refractivity contribution in [3.05, 3.63) is 64.2 Å². The largest absolute Gasteiger partial charge is 0.493 e. The molecule has 2 aliphatic rings. The molecule has 5 heterocycles. The number of ether oxygens (including phenoxy) is 1. The number of piperazine rings is 1. The van der Waals surface area contributed by atoms with Crippen LogP contribution in [0, 0.1) is 20.8 Å². The van der Waals surface area contributed by atoms with Crippen LogP contribution in [0.15, 0.2) is 39.3 Å². The van der Waals surface area contributed by atoms with E-state index in [9.17, 15) is 4.79 Å². The fraction of sp³-hybridized carbons (Fsp3) is 0.370. The van der Waals surface area contributed by atoms with Crippen molar-refractivity contribution in [2.24, 2.45) is 0 Å². The second kappa shape index (κ2) is 8.53. The predicted molar refractivity (Wildman–Crippen MR) is 131 cm³/mol. The normalized spacial score (nSPS) is 16.0. The molecule has 0 bridgehead atoms. The minimum absolute atomic E-state index is 0.0165. The Bertz CT molecular complexity index is 1430. The van der Waals surface area contributed by atoms with Gasteiger partial charge in [-0.05, 0) is 50.1 Å². The smallest absolute Gasteiger partial charge is 0.259 e. The van der Waals surface area contributed by atoms with Gasteiger partial charge in [0.25, 0.3) is 11.6 Å². The molecule has 0 saturated carbocycles. The first-order chi connectivity index (χ1) is 17.0. The number of carbonyl (C=O) groups excluding carboxylic acids is 1. The fourth-order valence-electron chi connectivity index (χ4n) is 5.16. The molecule has 3 aromatic heterocycles. The van der Waals surface area contributed by atoms with E-state index in [-0.39, 0.29) is 5.91 Å². The molecule has 2 aliphatic heterocycles. The number of aryl methyl sites for hydroxylation is 3. The lowest BCUT2D eigenvalue weighted by Gasteiger charge is -2.35. The van der Waals surface area contributed by atoms with Gasteiger partial charge in [-0.3, -0.25) is 9.69 Å². The van der Waals surface area contributed by atoms with Gasteiger partial charge in [0.05, 0.1) is 28.9 Å². The number of benzene rings is 1. The van der Waals surface area contributed by atoms with E-state index in [1.165, 1.54) is 11.1 Å². The number of carbonyl (C=O) groups is 1. The van der Waals surface area contributed by atoms with Crippen molar-refractivity contribution in [1.29, 1.82) is 0 Å². The molecule has 0 radical (unpaired) electrons. The molecule has 0 N–H and O–H groups in total. The van der Waals surface area contributed by atoms with Gasteiger partial charge in [0.1, 0.15) is 17.3 Å². The van der Waals surface area contributed by atoms with Crippen molar-refractivity contribution in [2.45, 2.75) is 33.7 Å². The molecule has 180 valence electrons. The van der Waals surface area contributed by atoms with Crippen LogP contribution in [0.2, 0.25) is 0 Å². The zero-order chi connectivity index (χ0) is 24.1. The highest BCUT2D eigenvalue weighted by molar-refractivity contribution is 6.07. The molecule has 1 fully saturated rings. The number of nitrogens with zero attached hydrogens (tertiary/aromatic N) is 4. The van der Waals surface area contributed by atoms with Gasteiger partial charge in [-0.15, -0.1) is 0 Å². The predicted octanol–water partition coefficient (Wildman–Crippen LogP) is 4.30. The highest BCUT2D eigenvalue weighted by Gasteiger charge is 2.27. The lowest BCUT2D eigenvalue weighted by atomic mass is 10.0. The summed E-state index contributed by atoms with van der Waals surface area (Å²) in [5, 5.41) is 4.76. The minimum Gasteiger partial charge on any atom is -0.493 e. The van der Waals surface area contributed by atoms with Crippen LogP contribution < -0.4 is 4.74 Å². The number of fused-ring (bicyclic) bond motifs is 2. The Labute approximate surface area is 203 Å². The van der Waals surface area contributed by atoms with Gasteiger partial charge < -0.3 is 18.6 Å². The third-order valence-electron chi connectivity index (χ3n) is 6.98. The van der Waals surface area contributed by atoms with Crippen LogP contribution in [0.1, 0.15) is 38.7 Å². The second-order valence-electron chi connectivity index (χ2n) is 9.44. The molecule has 0 aliphatic carbocycles. The zero-order valence-electron chi connectivity index (χ0n) is 20.3. The van der Waals surface area contributed by atoms with Gasteiger partial charge in [0.2, 0.25) is 0 Å². The van der Waals surface area contributed by atoms with Gasteiger partial charge in [-0.25, -0.2) is 4.98 Å². The van der Waals surface area contributed by atoms with E-state index in [2.05, 4.69) is 33.2 Å². The Hall–Kier alpha value is -3.65. The van der Waals surface area contributed by atoms with Crippen molar-refractivity contribution < 1.29 is 18.5 Å². The molecule has 1 aromatic carbocycles. The summed E-state index contributed by atoms with van der Waals surface area (Å²) < 4.78 is 16.8. The van der Waals surface area contributed by atoms with Crippen LogP contribution >= 0.6 is 0 Å². The van der Waals surface area contributed by atoms with Crippen molar-refractivity contribution in [3.8, 4) is 17.0 Å². The zero-order valence-corrected chi connectivity index (χ0v) is 20.3. The Balaban J connectivity index is 1.22. The van der Waals surface area contributed by atoms with Gasteiger partial charge in [0, 0.05) is 44.7 Å². The quantitative estimate of drug-likeness (QED) is 0.438. The maximum absolute atomic E-state index is 13.7. The first-order valence-electron chi connectivity index (χ1n) is 12.1. The molecular weight excluding hydrogens is 444 g/mol. The molecular formula is C27H28N4O4. The summed E-state index contributed by atoms with van der Waals surface area (Å²) in [6, 6.07) is 10.3. The SMILES string of the molecule is Cc1cc(-c2cc(C(=O)N3CCN(Cc4ccc5c(c4)CCO5)CC3)c3c(C)noc3n2)c(C)o1. The lowest BCUT2D eigenvalue weighted by Crippen LogP contribution is -2.48. The lowest BCUT2D eigenvalue weighted by molar-refractivity contribution is 0.0630. The highest BCUT2D eigenvalue weighted by atomic mass is 16.5. The van der Waals surface area contributed by atoms with Gasteiger partial charge in [-0.2, -0.15) is 0 Å². The van der Waals surface area contributed by atoms with Crippen LogP contribution in [0.3, 0.4) is 0 Å². The third-order valence-corrected chi connectivity index (χ3v) is 6.98. The van der Waals surface area contributed by atoms with Crippen molar-refractivity contribution >= 4 is 17.0 Å². The average Bonchev–Trinajstić information content (AvgIpc) is 3.56. The topological polar surface area (TPSA) is 84.8 Å². The van der Waals surface area contributed by atoms with Crippen LogP contribution in [0.25, 0.3) is 22.4 Å². The third kappa shape index (κ3) is 3.97. The van der Waals surface area contributed by atoms with Crippen LogP contribution in [0.4, 0.5) is 0 Å². The van der Waals surface area contributed by atoms with Crippen LogP contribution in [-0.4, -0.2) is 58.6 Å². The summed E-state index contributed by atoms with van der Waals surface area (Å²) in [5.74, 6) is 2.55. The summed E-state index contributed by atoms with van der Waals surface area (Å²) >= 11 is 0. The summed E-state index contributed by atoms with van der Waals surface area (Å²) in [4.78, 5) is 22.7. The minimum atomic E-state index is -0.0165. The van der Waals surface area contributed by atoms with E-state index in [0.717, 1.165) is 55.5 Å². The number of aromatic nitrogens is 2. The Morgan fingerprint density at radius 2 is 1.89 bits per heavy atom. The van der Waals surface area contributed by atoms with E-state index in [0.29, 0.717) is 41.1 Å². The van der Waals surface area contributed by atoms with Crippen molar-refractivity contribution in [3.63, 3.8) is 0 Å². The van der Waals surface area contributed by atoms with Crippen LogP contribution in [0.5, 0.6) is 5.75 Å². The van der Waals surface area contributed by atoms with E-state index in [1.54, 1.807) is 0 Å². The van der Waals surface area contributed by atoms with Gasteiger partial charge >= 0.3 is 0 Å². The molecule has 1 amide bonds. The summed E-state index contributed by atoms with van der Waals surface area (Å²) in [6.07, 6.45) is 0.980. The van der Waals surface area contributed by atoms with E-state index in [1.807, 2.05) is 37.8 Å². The van der Waals surface area contributed by atoms with E-state index >= 15 is 0 Å². The number of pyridine rings is 1. The molecule has 1 saturated heterocycles. The number of amides is 1. The molecule has 8 heteroatoms. The van der Waals surface area contributed by atoms with Gasteiger partial charge in [0.15, 0.2) is 0 Å². The standard InChI is InChI=1S/C27H28N4O4/c1-16-12-21(18(3)34-16)23-14-22(25-17(2)29-35-26(25)28-23)27(32)31-9-7-30(8-10-31)15-19-4-5-24-20(13-19)6-11-33-24/h4-5,12-14H,6-11,15H2,1-3H3. The number of hydrogen-bond acceptors (Lipinski definition) is 7. The fourth-order valence-corrected chi connectivity index (χ4v) is 5.16. The molecule has 35 heavy (non-hydrogen) atoms. The Kier molecular flexibility index (Phi) is 5.33. The van der Waals surface area contributed by atoms with E-state index in [4.69, 9.17) is 13.7 Å². The number of furan rings is 1. The summed E-state index contributed by atoms with van der Waals surface area (Å²) in [7, 11) is 0. The summed E-state index contributed by atoms with van der Waals surface area (Å²) in [5.41, 5.74) is 5.72. The monoisotopic (exact) mass is 472 g/mol. The Morgan fingerprint density at radius 1 is 1.06 bits per heavy atom. The molecule has 8 nitrogen and oxygen atoms in total. The van der Waals surface area contributed by atoms with Gasteiger partial charge in [-0.1, -0.05) is 17.3 Å². The van der Waals surface area contributed by atoms with E-state index < -0.39 is 0 Å². The maximum atomic E-state index is 13.7. The highest BCUT2D eigenvalue weighted by Crippen LogP contribution is 2.31. The number of hydrogen-bond donors (Lipinski definition) is 0. The molecule has 6 rings (SSSR count). The maximum Gasteiger partial charge on any atom is 0.259 e. The van der Waals surface area contributed by atoms with Crippen molar-refractivity contribution in [1.82, 2.24) is 19.9 Å². The van der Waals surface area contributed by atoms with Crippen LogP contribution in [-0.2, 0) is 13.0 Å². The summed E-state index contributed by atoms with van der Waals surface area (Å²) in [6.45, 7) is 10.3. The molecule has 4 aromatic rings. The molecule has 0 unspecified atom stereocenters. The Morgan fingerprint density at radius 3 is 2.66 bits per heavy atom. The number of rotatable bonds is 4. The first-order valence-corrected chi connectivity index (χ1v) is 12.1.